The van der Waals surface area contributed by atoms with Gasteiger partial charge < -0.3 is 9.47 Å². The summed E-state index contributed by atoms with van der Waals surface area (Å²) in [6.07, 6.45) is -2.87. The van der Waals surface area contributed by atoms with Gasteiger partial charge in [0.1, 0.15) is 6.61 Å². The molecule has 0 saturated carbocycles. The zero-order valence-corrected chi connectivity index (χ0v) is 14.6. The Morgan fingerprint density at radius 2 is 1.92 bits per heavy atom. The van der Waals surface area contributed by atoms with Gasteiger partial charge in [0.2, 0.25) is 5.88 Å². The highest BCUT2D eigenvalue weighted by atomic mass is 19.4. The van der Waals surface area contributed by atoms with Crippen molar-refractivity contribution in [3.63, 3.8) is 0 Å². The monoisotopic (exact) mass is 365 g/mol. The number of hydrogen-bond donors (Lipinski definition) is 0. The number of ether oxygens (including phenoxy) is 2. The van der Waals surface area contributed by atoms with Crippen LogP contribution in [0.5, 0.6) is 5.88 Å². The van der Waals surface area contributed by atoms with Crippen LogP contribution < -0.4 is 4.74 Å². The van der Waals surface area contributed by atoms with Gasteiger partial charge in [0.05, 0.1) is 18.2 Å². The second-order valence-corrected chi connectivity index (χ2v) is 5.47. The number of carbonyl (C=O) groups is 1. The average Bonchev–Trinajstić information content (AvgIpc) is 2.60. The topological polar surface area (TPSA) is 48.4 Å². The maximum absolute atomic E-state index is 12.9. The lowest BCUT2D eigenvalue weighted by molar-refractivity contribution is -0.138. The highest BCUT2D eigenvalue weighted by Gasteiger charge is 2.31. The molecular weight excluding hydrogens is 347 g/mol. The van der Waals surface area contributed by atoms with E-state index in [1.165, 1.54) is 14.0 Å². The van der Waals surface area contributed by atoms with Crippen LogP contribution in [0.4, 0.5) is 13.2 Å². The van der Waals surface area contributed by atoms with Crippen molar-refractivity contribution in [2.24, 2.45) is 0 Å². The second-order valence-electron chi connectivity index (χ2n) is 5.47. The van der Waals surface area contributed by atoms with Crippen LogP contribution in [0.3, 0.4) is 0 Å². The fourth-order valence-electron chi connectivity index (χ4n) is 2.43. The molecule has 26 heavy (non-hydrogen) atoms. The van der Waals surface area contributed by atoms with E-state index in [2.05, 4.69) is 4.98 Å². The number of nitrogens with zero attached hydrogens (tertiary/aromatic N) is 1. The van der Waals surface area contributed by atoms with E-state index in [1.807, 2.05) is 0 Å². The smallest absolute Gasteiger partial charge is 0.416 e. The minimum absolute atomic E-state index is 0.0434. The number of methoxy groups -OCH3 is 1. The summed E-state index contributed by atoms with van der Waals surface area (Å²) in [5.41, 5.74) is 0.942. The Morgan fingerprint density at radius 1 is 1.23 bits per heavy atom. The van der Waals surface area contributed by atoms with Crippen LogP contribution in [-0.4, -0.2) is 18.1 Å². The molecule has 0 saturated heterocycles. The lowest BCUT2D eigenvalue weighted by Gasteiger charge is -2.14. The average molecular weight is 365 g/mol. The molecular formula is C19H18F3NO3. The predicted octanol–water partition coefficient (Wildman–Crippen LogP) is 4.56. The van der Waals surface area contributed by atoms with E-state index < -0.39 is 17.7 Å². The highest BCUT2D eigenvalue weighted by Crippen LogP contribution is 2.31. The van der Waals surface area contributed by atoms with Gasteiger partial charge >= 0.3 is 12.1 Å². The van der Waals surface area contributed by atoms with Crippen molar-refractivity contribution in [1.29, 1.82) is 0 Å². The molecule has 1 aromatic heterocycles. The van der Waals surface area contributed by atoms with Crippen LogP contribution in [0.25, 0.3) is 5.57 Å². The van der Waals surface area contributed by atoms with Crippen molar-refractivity contribution in [2.75, 3.05) is 7.11 Å². The number of hydrogen-bond acceptors (Lipinski definition) is 4. The number of aromatic nitrogens is 1. The summed E-state index contributed by atoms with van der Waals surface area (Å²) in [6, 6.07) is 8.75. The molecule has 2 aromatic rings. The largest absolute Gasteiger partial charge is 0.473 e. The third-order valence-corrected chi connectivity index (χ3v) is 3.63. The van der Waals surface area contributed by atoms with Gasteiger partial charge in [0.15, 0.2) is 0 Å². The van der Waals surface area contributed by atoms with Gasteiger partial charge in [-0.25, -0.2) is 9.78 Å². The number of rotatable bonds is 5. The van der Waals surface area contributed by atoms with E-state index >= 15 is 0 Å². The van der Waals surface area contributed by atoms with Crippen LogP contribution in [-0.2, 0) is 22.3 Å². The number of carbonyl (C=O) groups excluding carboxylic acids is 1. The van der Waals surface area contributed by atoms with E-state index in [0.29, 0.717) is 16.7 Å². The van der Waals surface area contributed by atoms with Crippen molar-refractivity contribution in [3.05, 3.63) is 64.9 Å². The van der Waals surface area contributed by atoms with Crippen molar-refractivity contribution >= 4 is 11.5 Å². The van der Waals surface area contributed by atoms with Gasteiger partial charge in [-0.3, -0.25) is 0 Å². The SMILES string of the molecule is CC=C(C(=O)OC)c1ccccc1COc1cc(C(F)(F)F)cc(C)n1. The second kappa shape index (κ2) is 8.03. The first kappa shape index (κ1) is 19.5. The summed E-state index contributed by atoms with van der Waals surface area (Å²) >= 11 is 0. The maximum atomic E-state index is 12.9. The van der Waals surface area contributed by atoms with E-state index in [4.69, 9.17) is 9.47 Å². The van der Waals surface area contributed by atoms with Crippen LogP contribution in [0.15, 0.2) is 42.5 Å². The van der Waals surface area contributed by atoms with Crippen LogP contribution in [0.1, 0.15) is 29.3 Å². The maximum Gasteiger partial charge on any atom is 0.416 e. The number of pyridine rings is 1. The lowest BCUT2D eigenvalue weighted by Crippen LogP contribution is -2.09. The zero-order valence-electron chi connectivity index (χ0n) is 14.6. The van der Waals surface area contributed by atoms with Gasteiger partial charge in [-0.15, -0.1) is 0 Å². The Balaban J connectivity index is 2.29. The van der Waals surface area contributed by atoms with Crippen LogP contribution in [0, 0.1) is 6.92 Å². The number of esters is 1. The Bertz CT molecular complexity index is 829. The molecule has 0 amide bonds. The van der Waals surface area contributed by atoms with E-state index in [0.717, 1.165) is 12.1 Å². The molecule has 0 aliphatic carbocycles. The quantitative estimate of drug-likeness (QED) is 0.576. The number of allylic oxidation sites excluding steroid dienone is 1. The first-order chi connectivity index (χ1) is 12.3. The fraction of sp³-hybridized carbons (Fsp3) is 0.263. The molecule has 0 radical (unpaired) electrons. The highest BCUT2D eigenvalue weighted by molar-refractivity contribution is 6.16. The van der Waals surface area contributed by atoms with Crippen molar-refractivity contribution in [3.8, 4) is 5.88 Å². The Morgan fingerprint density at radius 3 is 2.54 bits per heavy atom. The summed E-state index contributed by atoms with van der Waals surface area (Å²) in [7, 11) is 1.28. The number of aryl methyl sites for hydroxylation is 1. The molecule has 0 aliphatic rings. The van der Waals surface area contributed by atoms with E-state index in [1.54, 1.807) is 37.3 Å². The molecule has 138 valence electrons. The molecule has 0 spiro atoms. The molecule has 0 fully saturated rings. The molecule has 2 rings (SSSR count). The first-order valence-electron chi connectivity index (χ1n) is 7.78. The van der Waals surface area contributed by atoms with Gasteiger partial charge in [0.25, 0.3) is 0 Å². The van der Waals surface area contributed by atoms with Crippen molar-refractivity contribution < 1.29 is 27.4 Å². The third-order valence-electron chi connectivity index (χ3n) is 3.63. The van der Waals surface area contributed by atoms with Crippen molar-refractivity contribution in [2.45, 2.75) is 26.6 Å². The summed E-state index contributed by atoms with van der Waals surface area (Å²) in [5, 5.41) is 0. The minimum Gasteiger partial charge on any atom is -0.473 e. The zero-order chi connectivity index (χ0) is 19.3. The molecule has 1 heterocycles. The standard InChI is InChI=1S/C19H18F3NO3/c1-4-15(18(24)25-3)16-8-6-5-7-13(16)11-26-17-10-14(19(20,21)22)9-12(2)23-17/h4-10H,11H2,1-3H3. The lowest BCUT2D eigenvalue weighted by atomic mass is 10.00. The summed E-state index contributed by atoms with van der Waals surface area (Å²) < 4.78 is 49.0. The molecule has 1 aromatic carbocycles. The molecule has 4 nitrogen and oxygen atoms in total. The summed E-state index contributed by atoms with van der Waals surface area (Å²) in [4.78, 5) is 15.9. The van der Waals surface area contributed by atoms with Gasteiger partial charge in [0, 0.05) is 11.8 Å². The van der Waals surface area contributed by atoms with Gasteiger partial charge in [-0.2, -0.15) is 13.2 Å². The molecule has 0 atom stereocenters. The molecule has 0 N–H and O–H groups in total. The van der Waals surface area contributed by atoms with E-state index in [-0.39, 0.29) is 18.2 Å². The first-order valence-corrected chi connectivity index (χ1v) is 7.78. The molecule has 0 aliphatic heterocycles. The molecule has 0 bridgehead atoms. The number of benzene rings is 1. The number of alkyl halides is 3. The third kappa shape index (κ3) is 4.62. The summed E-state index contributed by atoms with van der Waals surface area (Å²) in [5.74, 6) is -0.639. The Hall–Kier alpha value is -2.83. The van der Waals surface area contributed by atoms with Gasteiger partial charge in [-0.1, -0.05) is 30.3 Å². The fourth-order valence-corrected chi connectivity index (χ4v) is 2.43. The van der Waals surface area contributed by atoms with E-state index in [9.17, 15) is 18.0 Å². The normalized spacial score (nSPS) is 12.0. The summed E-state index contributed by atoms with van der Waals surface area (Å²) in [6.45, 7) is 3.12. The molecule has 0 unspecified atom stereocenters. The minimum atomic E-state index is -4.48. The van der Waals surface area contributed by atoms with Crippen molar-refractivity contribution in [1.82, 2.24) is 4.98 Å². The predicted molar refractivity (Wildman–Crippen MR) is 90.4 cm³/mol. The Labute approximate surface area is 149 Å². The molecule has 7 heteroatoms. The Kier molecular flexibility index (Phi) is 6.02. The van der Waals surface area contributed by atoms with Crippen LogP contribution in [0.2, 0.25) is 0 Å². The van der Waals surface area contributed by atoms with Gasteiger partial charge in [-0.05, 0) is 31.0 Å². The van der Waals surface area contributed by atoms with Crippen LogP contribution >= 0.6 is 0 Å². The number of halogens is 3.